The van der Waals surface area contributed by atoms with Crippen LogP contribution < -0.4 is 10.2 Å². The van der Waals surface area contributed by atoms with Gasteiger partial charge in [-0.1, -0.05) is 53.1 Å². The van der Waals surface area contributed by atoms with E-state index < -0.39 is 30.4 Å². The molecule has 4 aromatic rings. The Balaban J connectivity index is 0.000000172. The first kappa shape index (κ1) is 37.8. The normalized spacial score (nSPS) is 17.2. The summed E-state index contributed by atoms with van der Waals surface area (Å²) >= 11 is 0. The summed E-state index contributed by atoms with van der Waals surface area (Å²) in [4.78, 5) is 6.39. The van der Waals surface area contributed by atoms with Gasteiger partial charge in [-0.3, -0.25) is 18.6 Å². The van der Waals surface area contributed by atoms with E-state index in [1.54, 1.807) is 36.4 Å². The molecular formula is C32H39N3O9S3. The highest BCUT2D eigenvalue weighted by molar-refractivity contribution is 7.86. The Morgan fingerprint density at radius 2 is 1.06 bits per heavy atom. The second kappa shape index (κ2) is 16.4. The number of nitrogens with zero attached hydrogens (tertiary/aromatic N) is 2. The molecule has 0 bridgehead atoms. The van der Waals surface area contributed by atoms with Crippen LogP contribution in [0, 0.1) is 26.7 Å². The van der Waals surface area contributed by atoms with Crippen LogP contribution in [0.25, 0.3) is 0 Å². The Hall–Kier alpha value is -3.70. The molecule has 254 valence electrons. The van der Waals surface area contributed by atoms with E-state index in [0.717, 1.165) is 35.2 Å². The highest BCUT2D eigenvalue weighted by Crippen LogP contribution is 2.27. The molecule has 47 heavy (non-hydrogen) atoms. The van der Waals surface area contributed by atoms with Crippen molar-refractivity contribution >= 4 is 36.0 Å². The zero-order valence-electron chi connectivity index (χ0n) is 26.1. The fraction of sp³-hybridized carbons (Fsp3) is 0.281. The first-order chi connectivity index (χ1) is 21.9. The third-order valence-corrected chi connectivity index (χ3v) is 9.97. The number of fused-ring (bicyclic) bond motifs is 1. The van der Waals surface area contributed by atoms with E-state index >= 15 is 0 Å². The predicted molar refractivity (Wildman–Crippen MR) is 179 cm³/mol. The summed E-state index contributed by atoms with van der Waals surface area (Å²) in [6.45, 7) is 9.09. The number of pyridine rings is 1. The number of anilines is 1. The summed E-state index contributed by atoms with van der Waals surface area (Å²) in [5, 5.41) is 3.49. The molecule has 12 nitrogen and oxygen atoms in total. The highest BCUT2D eigenvalue weighted by Gasteiger charge is 2.35. The Morgan fingerprint density at radius 1 is 0.660 bits per heavy atom. The van der Waals surface area contributed by atoms with Crippen molar-refractivity contribution in [2.45, 2.75) is 47.9 Å². The Morgan fingerprint density at radius 3 is 1.34 bits per heavy atom. The van der Waals surface area contributed by atoms with Crippen LogP contribution in [0.4, 0.5) is 5.69 Å². The molecule has 0 spiro atoms. The van der Waals surface area contributed by atoms with Crippen LogP contribution in [0.2, 0.25) is 0 Å². The topological polar surface area (TPSA) is 191 Å². The predicted octanol–water partition coefficient (Wildman–Crippen LogP) is 4.60. The molecule has 0 amide bonds. The Kier molecular flexibility index (Phi) is 13.2. The van der Waals surface area contributed by atoms with Crippen molar-refractivity contribution in [2.24, 2.45) is 5.92 Å². The van der Waals surface area contributed by atoms with Crippen molar-refractivity contribution in [1.29, 1.82) is 0 Å². The van der Waals surface area contributed by atoms with Crippen molar-refractivity contribution < 1.29 is 38.9 Å². The minimum Gasteiger partial charge on any atom is -0.369 e. The lowest BCUT2D eigenvalue weighted by molar-refractivity contribution is 0.197. The van der Waals surface area contributed by atoms with Gasteiger partial charge in [0.1, 0.15) is 0 Å². The van der Waals surface area contributed by atoms with Gasteiger partial charge in [0.2, 0.25) is 0 Å². The molecule has 2 fully saturated rings. The zero-order chi connectivity index (χ0) is 34.8. The molecular weight excluding hydrogens is 667 g/mol. The van der Waals surface area contributed by atoms with Gasteiger partial charge in [0, 0.05) is 25.3 Å². The van der Waals surface area contributed by atoms with E-state index in [2.05, 4.69) is 21.3 Å². The van der Waals surface area contributed by atoms with Crippen LogP contribution in [-0.4, -0.2) is 69.6 Å². The standard InChI is InChI=1S/C11H15N3.3C7H8O3S/c1-2-10(7-12-4-1)14-5-3-9-6-13-11(9)8-14;3*1-6-2-4-7(5-3-6)11(8,9)10/h1-2,4,7,9,11,13H,3,5-6,8H2;3*2-5H,1H3,(H,8,9,10)/t9-,11-;;;/m1.../s1. The molecule has 0 saturated carbocycles. The number of nitrogens with one attached hydrogen (secondary N) is 1. The minimum atomic E-state index is -4.02. The summed E-state index contributed by atoms with van der Waals surface area (Å²) in [7, 11) is -12.1. The molecule has 2 saturated heterocycles. The molecule has 0 radical (unpaired) electrons. The van der Waals surface area contributed by atoms with Gasteiger partial charge < -0.3 is 10.2 Å². The number of rotatable bonds is 4. The fourth-order valence-corrected chi connectivity index (χ4v) is 5.96. The summed E-state index contributed by atoms with van der Waals surface area (Å²) in [5.41, 5.74) is 4.13. The van der Waals surface area contributed by atoms with E-state index in [4.69, 9.17) is 13.7 Å². The third kappa shape index (κ3) is 12.4. The molecule has 3 aromatic carbocycles. The molecule has 0 unspecified atom stereocenters. The maximum absolute atomic E-state index is 10.5. The van der Waals surface area contributed by atoms with E-state index in [1.807, 2.05) is 39.2 Å². The first-order valence-electron chi connectivity index (χ1n) is 14.4. The van der Waals surface area contributed by atoms with Crippen LogP contribution in [0.15, 0.2) is 112 Å². The maximum atomic E-state index is 10.5. The lowest BCUT2D eigenvalue weighted by atomic mass is 9.85. The second-order valence-electron chi connectivity index (χ2n) is 11.1. The number of piperidine rings is 1. The van der Waals surface area contributed by atoms with Gasteiger partial charge in [0.05, 0.1) is 26.6 Å². The highest BCUT2D eigenvalue weighted by atomic mass is 32.2. The van der Waals surface area contributed by atoms with E-state index in [0.29, 0.717) is 0 Å². The number of aromatic nitrogens is 1. The smallest absolute Gasteiger partial charge is 0.294 e. The molecule has 6 rings (SSSR count). The maximum Gasteiger partial charge on any atom is 0.294 e. The van der Waals surface area contributed by atoms with Crippen LogP contribution in [-0.2, 0) is 30.4 Å². The lowest BCUT2D eigenvalue weighted by Crippen LogP contribution is -2.62. The van der Waals surface area contributed by atoms with Gasteiger partial charge in [-0.15, -0.1) is 0 Å². The van der Waals surface area contributed by atoms with Crippen molar-refractivity contribution in [1.82, 2.24) is 10.3 Å². The van der Waals surface area contributed by atoms with Crippen molar-refractivity contribution in [2.75, 3.05) is 24.5 Å². The summed E-state index contributed by atoms with van der Waals surface area (Å²) in [5.74, 6) is 0.933. The third-order valence-electron chi connectivity index (χ3n) is 7.37. The van der Waals surface area contributed by atoms with Crippen molar-refractivity contribution in [3.8, 4) is 0 Å². The van der Waals surface area contributed by atoms with Crippen molar-refractivity contribution in [3.63, 3.8) is 0 Å². The number of benzene rings is 3. The van der Waals surface area contributed by atoms with Crippen LogP contribution >= 0.6 is 0 Å². The molecule has 3 heterocycles. The number of aryl methyl sites for hydroxylation is 3. The largest absolute Gasteiger partial charge is 0.369 e. The number of hydrogen-bond acceptors (Lipinski definition) is 9. The molecule has 1 aromatic heterocycles. The monoisotopic (exact) mass is 705 g/mol. The average Bonchev–Trinajstić information content (AvgIpc) is 2.99. The van der Waals surface area contributed by atoms with E-state index in [1.165, 1.54) is 61.6 Å². The minimum absolute atomic E-state index is 0.0666. The van der Waals surface area contributed by atoms with Crippen molar-refractivity contribution in [3.05, 3.63) is 114 Å². The number of hydrogen-bond donors (Lipinski definition) is 4. The lowest BCUT2D eigenvalue weighted by Gasteiger charge is -2.46. The van der Waals surface area contributed by atoms with E-state index in [-0.39, 0.29) is 14.7 Å². The molecule has 2 atom stereocenters. The van der Waals surface area contributed by atoms with Gasteiger partial charge >= 0.3 is 0 Å². The van der Waals surface area contributed by atoms with Gasteiger partial charge in [0.25, 0.3) is 30.4 Å². The zero-order valence-corrected chi connectivity index (χ0v) is 28.6. The summed E-state index contributed by atoms with van der Waals surface area (Å²) in [6, 6.07) is 22.8. The Labute approximate surface area is 276 Å². The molecule has 15 heteroatoms. The summed E-state index contributed by atoms with van der Waals surface area (Å²) < 4.78 is 88.7. The fourth-order valence-electron chi connectivity index (χ4n) is 4.52. The molecule has 2 aliphatic heterocycles. The SMILES string of the molecule is Cc1ccc(S(=O)(=O)O)cc1.Cc1ccc(S(=O)(=O)O)cc1.Cc1ccc(S(=O)(=O)O)cc1.c1cncc(N2CC[C@@H]3CN[C@@H]3C2)c1. The Bertz CT molecular complexity index is 1730. The van der Waals surface area contributed by atoms with Crippen LogP contribution in [0.1, 0.15) is 23.1 Å². The quantitative estimate of drug-likeness (QED) is 0.216. The average molecular weight is 706 g/mol. The first-order valence-corrected chi connectivity index (χ1v) is 18.8. The van der Waals surface area contributed by atoms with E-state index in [9.17, 15) is 25.3 Å². The second-order valence-corrected chi connectivity index (χ2v) is 15.3. The van der Waals surface area contributed by atoms with Gasteiger partial charge in [0.15, 0.2) is 0 Å². The van der Waals surface area contributed by atoms with Gasteiger partial charge in [-0.2, -0.15) is 25.3 Å². The van der Waals surface area contributed by atoms with Gasteiger partial charge in [-0.25, -0.2) is 0 Å². The molecule has 0 aliphatic carbocycles. The van der Waals surface area contributed by atoms with Crippen LogP contribution in [0.3, 0.4) is 0 Å². The van der Waals surface area contributed by atoms with Crippen LogP contribution in [0.5, 0.6) is 0 Å². The molecule has 2 aliphatic rings. The van der Waals surface area contributed by atoms with Gasteiger partial charge in [-0.05, 0) is 88.2 Å². The summed E-state index contributed by atoms with van der Waals surface area (Å²) in [6.07, 6.45) is 5.11. The molecule has 4 N–H and O–H groups in total.